The van der Waals surface area contributed by atoms with Gasteiger partial charge in [0, 0.05) is 13.0 Å². The molecular formula is C27H37NO5. The van der Waals surface area contributed by atoms with Gasteiger partial charge in [0.25, 0.3) is 0 Å². The minimum atomic E-state index is -0.402. The van der Waals surface area contributed by atoms with E-state index in [1.165, 1.54) is 5.56 Å². The number of esters is 1. The van der Waals surface area contributed by atoms with Gasteiger partial charge < -0.3 is 24.2 Å². The minimum absolute atomic E-state index is 0.0207. The molecule has 0 bridgehead atoms. The van der Waals surface area contributed by atoms with Gasteiger partial charge in [-0.15, -0.1) is 0 Å². The zero-order valence-electron chi connectivity index (χ0n) is 20.1. The zero-order valence-corrected chi connectivity index (χ0v) is 20.1. The second kappa shape index (κ2) is 14.2. The molecule has 0 amide bonds. The first-order valence-corrected chi connectivity index (χ1v) is 11.4. The summed E-state index contributed by atoms with van der Waals surface area (Å²) < 4.78 is 17.0. The van der Waals surface area contributed by atoms with Crippen LogP contribution in [0.25, 0.3) is 0 Å². The van der Waals surface area contributed by atoms with Gasteiger partial charge in [-0.1, -0.05) is 36.9 Å². The number of rotatable bonds is 15. The third-order valence-electron chi connectivity index (χ3n) is 5.18. The Kier molecular flexibility index (Phi) is 11.3. The number of aliphatic hydroxyl groups excluding tert-OH is 1. The smallest absolute Gasteiger partial charge is 0.306 e. The summed E-state index contributed by atoms with van der Waals surface area (Å²) >= 11 is 0. The van der Waals surface area contributed by atoms with E-state index in [1.807, 2.05) is 49.3 Å². The van der Waals surface area contributed by atoms with Crippen LogP contribution in [0.5, 0.6) is 11.5 Å². The van der Waals surface area contributed by atoms with Crippen molar-refractivity contribution in [2.24, 2.45) is 0 Å². The van der Waals surface area contributed by atoms with Crippen molar-refractivity contribution in [2.45, 2.75) is 44.6 Å². The predicted octanol–water partition coefficient (Wildman–Crippen LogP) is 4.96. The third-order valence-corrected chi connectivity index (χ3v) is 5.18. The Morgan fingerprint density at radius 2 is 1.82 bits per heavy atom. The van der Waals surface area contributed by atoms with Gasteiger partial charge in [0.15, 0.2) is 0 Å². The van der Waals surface area contributed by atoms with Gasteiger partial charge >= 0.3 is 5.97 Å². The lowest BCUT2D eigenvalue weighted by Crippen LogP contribution is -2.35. The van der Waals surface area contributed by atoms with Gasteiger partial charge in [-0.05, 0) is 69.1 Å². The van der Waals surface area contributed by atoms with E-state index >= 15 is 0 Å². The summed E-state index contributed by atoms with van der Waals surface area (Å²) in [6.45, 7) is 4.22. The maximum absolute atomic E-state index is 12.1. The van der Waals surface area contributed by atoms with Crippen LogP contribution in [0, 0.1) is 0 Å². The van der Waals surface area contributed by atoms with Crippen LogP contribution in [0.4, 0.5) is 0 Å². The number of para-hydroxylation sites is 1. The second-order valence-corrected chi connectivity index (χ2v) is 8.42. The second-order valence-electron chi connectivity index (χ2n) is 8.42. The molecule has 1 atom stereocenters. The number of nitrogens with zero attached hydrogens (tertiary/aromatic N) is 1. The Morgan fingerprint density at radius 1 is 1.06 bits per heavy atom. The number of benzene rings is 2. The van der Waals surface area contributed by atoms with Crippen LogP contribution < -0.4 is 9.47 Å². The molecule has 180 valence electrons. The number of carbonyl (C=O) groups is 1. The van der Waals surface area contributed by atoms with Crippen LogP contribution in [0.2, 0.25) is 0 Å². The molecule has 0 saturated heterocycles. The Balaban J connectivity index is 1.87. The summed E-state index contributed by atoms with van der Waals surface area (Å²) in [4.78, 5) is 14.0. The number of aryl methyl sites for hydroxylation is 2. The van der Waals surface area contributed by atoms with Gasteiger partial charge in [0.05, 0.1) is 19.3 Å². The fourth-order valence-corrected chi connectivity index (χ4v) is 3.53. The molecule has 0 heterocycles. The summed E-state index contributed by atoms with van der Waals surface area (Å²) in [6, 6.07) is 16.2. The standard InChI is InChI=1S/C27H37NO5/c1-21(29)16-17-27(30)33-25(19-28(2)3)20-32-26-15-8-7-13-23(26)12-6-5-10-22-11-9-14-24(18-22)31-4/h7-9,11,13-15,18,25,29H,1,5-6,10,12,16-17,19-20H2,2-4H3. The summed E-state index contributed by atoms with van der Waals surface area (Å²) in [7, 11) is 5.53. The SMILES string of the molecule is C=C(O)CCC(=O)OC(COc1ccccc1CCCCc1cccc(OC)c1)CN(C)C. The Bertz CT molecular complexity index is 880. The number of likely N-dealkylation sites (N-methyl/N-ethyl adjacent to an activating group) is 1. The number of carbonyl (C=O) groups excluding carboxylic acids is 1. The lowest BCUT2D eigenvalue weighted by atomic mass is 10.0. The van der Waals surface area contributed by atoms with E-state index < -0.39 is 6.10 Å². The number of unbranched alkanes of at least 4 members (excludes halogenated alkanes) is 1. The molecule has 6 heteroatoms. The summed E-state index contributed by atoms with van der Waals surface area (Å²) in [6.07, 6.45) is 3.92. The van der Waals surface area contributed by atoms with E-state index in [1.54, 1.807) is 7.11 Å². The van der Waals surface area contributed by atoms with E-state index in [0.717, 1.165) is 42.7 Å². The molecule has 0 fully saturated rings. The number of ether oxygens (including phenoxy) is 3. The fraction of sp³-hybridized carbons (Fsp3) is 0.444. The van der Waals surface area contributed by atoms with Crippen LogP contribution in [0.3, 0.4) is 0 Å². The Labute approximate surface area is 197 Å². The highest BCUT2D eigenvalue weighted by Gasteiger charge is 2.17. The fourth-order valence-electron chi connectivity index (χ4n) is 3.53. The average molecular weight is 456 g/mol. The van der Waals surface area contributed by atoms with Gasteiger partial charge in [-0.25, -0.2) is 0 Å². The largest absolute Gasteiger partial charge is 0.513 e. The molecule has 0 radical (unpaired) electrons. The molecule has 0 aliphatic carbocycles. The van der Waals surface area contributed by atoms with Crippen LogP contribution >= 0.6 is 0 Å². The highest BCUT2D eigenvalue weighted by Crippen LogP contribution is 2.22. The molecule has 1 N–H and O–H groups in total. The molecule has 0 aliphatic heterocycles. The van der Waals surface area contributed by atoms with Crippen molar-refractivity contribution < 1.29 is 24.1 Å². The molecular weight excluding hydrogens is 418 g/mol. The van der Waals surface area contributed by atoms with Crippen molar-refractivity contribution in [3.63, 3.8) is 0 Å². The van der Waals surface area contributed by atoms with E-state index in [4.69, 9.17) is 14.2 Å². The zero-order chi connectivity index (χ0) is 24.1. The Morgan fingerprint density at radius 3 is 2.55 bits per heavy atom. The number of hydrogen-bond acceptors (Lipinski definition) is 6. The molecule has 33 heavy (non-hydrogen) atoms. The van der Waals surface area contributed by atoms with Crippen molar-refractivity contribution >= 4 is 5.97 Å². The summed E-state index contributed by atoms with van der Waals surface area (Å²) in [5.74, 6) is 1.32. The van der Waals surface area contributed by atoms with Crippen molar-refractivity contribution in [1.82, 2.24) is 4.90 Å². The predicted molar refractivity (Wildman–Crippen MR) is 131 cm³/mol. The Hall–Kier alpha value is -2.99. The molecule has 2 aromatic rings. The highest BCUT2D eigenvalue weighted by molar-refractivity contribution is 5.69. The van der Waals surface area contributed by atoms with Crippen molar-refractivity contribution in [2.75, 3.05) is 34.4 Å². The van der Waals surface area contributed by atoms with Gasteiger partial charge in [-0.3, -0.25) is 4.79 Å². The van der Waals surface area contributed by atoms with Crippen LogP contribution in [0.15, 0.2) is 60.9 Å². The lowest BCUT2D eigenvalue weighted by molar-refractivity contribution is -0.151. The molecule has 0 aliphatic rings. The third kappa shape index (κ3) is 10.4. The number of allylic oxidation sites excluding steroid dienone is 1. The minimum Gasteiger partial charge on any atom is -0.513 e. The monoisotopic (exact) mass is 455 g/mol. The van der Waals surface area contributed by atoms with E-state index in [-0.39, 0.29) is 31.2 Å². The first kappa shape index (κ1) is 26.3. The van der Waals surface area contributed by atoms with E-state index in [2.05, 4.69) is 24.8 Å². The molecule has 2 aromatic carbocycles. The maximum atomic E-state index is 12.1. The van der Waals surface area contributed by atoms with Crippen LogP contribution in [0.1, 0.15) is 36.8 Å². The molecule has 6 nitrogen and oxygen atoms in total. The van der Waals surface area contributed by atoms with Crippen molar-refractivity contribution in [3.05, 3.63) is 72.0 Å². The number of methoxy groups -OCH3 is 1. The molecule has 1 unspecified atom stereocenters. The normalized spacial score (nSPS) is 11.8. The average Bonchev–Trinajstić information content (AvgIpc) is 2.79. The van der Waals surface area contributed by atoms with Crippen LogP contribution in [-0.4, -0.2) is 56.4 Å². The maximum Gasteiger partial charge on any atom is 0.306 e. The van der Waals surface area contributed by atoms with Gasteiger partial charge in [-0.2, -0.15) is 0 Å². The van der Waals surface area contributed by atoms with Crippen LogP contribution in [-0.2, 0) is 22.4 Å². The molecule has 0 saturated carbocycles. The summed E-state index contributed by atoms with van der Waals surface area (Å²) in [5, 5.41) is 9.20. The number of aliphatic hydroxyl groups is 1. The van der Waals surface area contributed by atoms with Crippen molar-refractivity contribution in [3.8, 4) is 11.5 Å². The lowest BCUT2D eigenvalue weighted by Gasteiger charge is -2.22. The molecule has 0 spiro atoms. The first-order valence-electron chi connectivity index (χ1n) is 11.4. The molecule has 2 rings (SSSR count). The van der Waals surface area contributed by atoms with E-state index in [0.29, 0.717) is 6.54 Å². The van der Waals surface area contributed by atoms with Crippen molar-refractivity contribution in [1.29, 1.82) is 0 Å². The van der Waals surface area contributed by atoms with Gasteiger partial charge in [0.1, 0.15) is 24.2 Å². The topological polar surface area (TPSA) is 68.2 Å². The highest BCUT2D eigenvalue weighted by atomic mass is 16.6. The first-order chi connectivity index (χ1) is 15.9. The molecule has 0 aromatic heterocycles. The summed E-state index contributed by atoms with van der Waals surface area (Å²) in [5.41, 5.74) is 2.42. The number of hydrogen-bond donors (Lipinski definition) is 1. The van der Waals surface area contributed by atoms with E-state index in [9.17, 15) is 9.90 Å². The quantitative estimate of drug-likeness (QED) is 0.232. The van der Waals surface area contributed by atoms with Gasteiger partial charge in [0.2, 0.25) is 0 Å².